The predicted octanol–water partition coefficient (Wildman–Crippen LogP) is 2.31. The molecule has 15 heavy (non-hydrogen) atoms. The molecule has 0 unspecified atom stereocenters. The first-order chi connectivity index (χ1) is 7.35. The van der Waals surface area contributed by atoms with Crippen molar-refractivity contribution in [3.63, 3.8) is 0 Å². The van der Waals surface area contributed by atoms with Crippen LogP contribution in [0.15, 0.2) is 12.4 Å². The summed E-state index contributed by atoms with van der Waals surface area (Å²) < 4.78 is 0. The lowest BCUT2D eigenvalue weighted by molar-refractivity contribution is 0.893. The number of nitrogens with zero attached hydrogens (tertiary/aromatic N) is 2. The van der Waals surface area contributed by atoms with Crippen LogP contribution in [0.2, 0.25) is 0 Å². The SMILES string of the molecule is CCCc1cnc(-c2cn[nH]c2CC)[nH]1. The number of H-pyrrole nitrogens is 2. The standard InChI is InChI=1S/C11H16N4/c1-3-5-8-6-12-11(14-8)9-7-13-15-10(9)4-2/h6-7H,3-5H2,1-2H3,(H,12,14)(H,13,15). The van der Waals surface area contributed by atoms with Crippen LogP contribution in [0.3, 0.4) is 0 Å². The summed E-state index contributed by atoms with van der Waals surface area (Å²) in [5.41, 5.74) is 3.41. The van der Waals surface area contributed by atoms with Gasteiger partial charge in [0.15, 0.2) is 0 Å². The lowest BCUT2D eigenvalue weighted by Gasteiger charge is -1.95. The monoisotopic (exact) mass is 204 g/mol. The number of aromatic nitrogens is 4. The summed E-state index contributed by atoms with van der Waals surface area (Å²) in [5.74, 6) is 0.920. The molecule has 0 bridgehead atoms. The van der Waals surface area contributed by atoms with Gasteiger partial charge in [0.25, 0.3) is 0 Å². The highest BCUT2D eigenvalue weighted by Gasteiger charge is 2.09. The van der Waals surface area contributed by atoms with E-state index in [1.807, 2.05) is 12.4 Å². The molecule has 0 spiro atoms. The van der Waals surface area contributed by atoms with E-state index in [1.54, 1.807) is 0 Å². The largest absolute Gasteiger partial charge is 0.342 e. The Morgan fingerprint density at radius 1 is 1.27 bits per heavy atom. The lowest BCUT2D eigenvalue weighted by atomic mass is 10.2. The quantitative estimate of drug-likeness (QED) is 0.803. The molecule has 0 radical (unpaired) electrons. The molecule has 2 N–H and O–H groups in total. The van der Waals surface area contributed by atoms with Gasteiger partial charge in [-0.05, 0) is 12.8 Å². The number of rotatable bonds is 4. The molecule has 0 atom stereocenters. The summed E-state index contributed by atoms with van der Waals surface area (Å²) in [7, 11) is 0. The summed E-state index contributed by atoms with van der Waals surface area (Å²) in [6.45, 7) is 4.27. The zero-order chi connectivity index (χ0) is 10.7. The van der Waals surface area contributed by atoms with Crippen molar-refractivity contribution in [3.8, 4) is 11.4 Å². The number of nitrogens with one attached hydrogen (secondary N) is 2. The first kappa shape index (κ1) is 9.96. The molecule has 0 saturated heterocycles. The third-order valence-electron chi connectivity index (χ3n) is 2.47. The van der Waals surface area contributed by atoms with Crippen LogP contribution in [-0.4, -0.2) is 20.2 Å². The Balaban J connectivity index is 2.28. The molecule has 0 aliphatic heterocycles. The Bertz CT molecular complexity index is 427. The van der Waals surface area contributed by atoms with Gasteiger partial charge in [0.2, 0.25) is 0 Å². The Labute approximate surface area is 89.1 Å². The van der Waals surface area contributed by atoms with E-state index in [0.29, 0.717) is 0 Å². The fourth-order valence-corrected chi connectivity index (χ4v) is 1.68. The van der Waals surface area contributed by atoms with E-state index in [9.17, 15) is 0 Å². The highest BCUT2D eigenvalue weighted by Crippen LogP contribution is 2.19. The fraction of sp³-hybridized carbons (Fsp3) is 0.455. The minimum atomic E-state index is 0.920. The van der Waals surface area contributed by atoms with Gasteiger partial charge in [-0.15, -0.1) is 0 Å². The molecule has 0 aliphatic carbocycles. The summed E-state index contributed by atoms with van der Waals surface area (Å²) in [6.07, 6.45) is 6.86. The Hall–Kier alpha value is -1.58. The summed E-state index contributed by atoms with van der Waals surface area (Å²) >= 11 is 0. The number of hydrogen-bond acceptors (Lipinski definition) is 2. The molecule has 80 valence electrons. The van der Waals surface area contributed by atoms with Crippen LogP contribution in [-0.2, 0) is 12.8 Å². The number of aromatic amines is 2. The lowest BCUT2D eigenvalue weighted by Crippen LogP contribution is -1.87. The van der Waals surface area contributed by atoms with Crippen LogP contribution in [0.5, 0.6) is 0 Å². The predicted molar refractivity (Wildman–Crippen MR) is 59.5 cm³/mol. The van der Waals surface area contributed by atoms with E-state index >= 15 is 0 Å². The zero-order valence-corrected chi connectivity index (χ0v) is 9.17. The first-order valence-corrected chi connectivity index (χ1v) is 5.41. The molecular formula is C11H16N4. The second-order valence-corrected chi connectivity index (χ2v) is 3.62. The molecule has 0 saturated carbocycles. The van der Waals surface area contributed by atoms with Gasteiger partial charge in [-0.3, -0.25) is 5.10 Å². The molecule has 0 amide bonds. The van der Waals surface area contributed by atoms with Crippen LogP contribution >= 0.6 is 0 Å². The van der Waals surface area contributed by atoms with Crippen LogP contribution in [0.25, 0.3) is 11.4 Å². The fourth-order valence-electron chi connectivity index (χ4n) is 1.68. The van der Waals surface area contributed by atoms with Gasteiger partial charge in [0, 0.05) is 17.6 Å². The molecule has 4 nitrogen and oxygen atoms in total. The minimum Gasteiger partial charge on any atom is -0.342 e. The normalized spacial score (nSPS) is 10.8. The van der Waals surface area contributed by atoms with E-state index in [0.717, 1.165) is 36.3 Å². The summed E-state index contributed by atoms with van der Waals surface area (Å²) in [6, 6.07) is 0. The van der Waals surface area contributed by atoms with Crippen molar-refractivity contribution in [2.45, 2.75) is 33.1 Å². The third-order valence-corrected chi connectivity index (χ3v) is 2.47. The highest BCUT2D eigenvalue weighted by atomic mass is 15.1. The van der Waals surface area contributed by atoms with E-state index in [4.69, 9.17) is 0 Å². The summed E-state index contributed by atoms with van der Waals surface area (Å²) in [5, 5.41) is 7.02. The molecular weight excluding hydrogens is 188 g/mol. The van der Waals surface area contributed by atoms with E-state index in [-0.39, 0.29) is 0 Å². The Morgan fingerprint density at radius 3 is 2.87 bits per heavy atom. The number of imidazole rings is 1. The molecule has 2 aromatic rings. The van der Waals surface area contributed by atoms with Crippen molar-refractivity contribution in [2.75, 3.05) is 0 Å². The second kappa shape index (κ2) is 4.29. The van der Waals surface area contributed by atoms with Crippen LogP contribution in [0, 0.1) is 0 Å². The molecule has 0 fully saturated rings. The Morgan fingerprint density at radius 2 is 2.13 bits per heavy atom. The van der Waals surface area contributed by atoms with Crippen molar-refractivity contribution >= 4 is 0 Å². The van der Waals surface area contributed by atoms with Crippen LogP contribution < -0.4 is 0 Å². The van der Waals surface area contributed by atoms with Crippen molar-refractivity contribution in [1.82, 2.24) is 20.2 Å². The van der Waals surface area contributed by atoms with Gasteiger partial charge in [-0.2, -0.15) is 5.10 Å². The van der Waals surface area contributed by atoms with E-state index in [1.165, 1.54) is 5.69 Å². The molecule has 0 aliphatic rings. The van der Waals surface area contributed by atoms with Gasteiger partial charge in [-0.25, -0.2) is 4.98 Å². The smallest absolute Gasteiger partial charge is 0.140 e. The minimum absolute atomic E-state index is 0.920. The van der Waals surface area contributed by atoms with Gasteiger partial charge in [-0.1, -0.05) is 20.3 Å². The first-order valence-electron chi connectivity index (χ1n) is 5.41. The number of aryl methyl sites for hydroxylation is 2. The van der Waals surface area contributed by atoms with Crippen LogP contribution in [0.1, 0.15) is 31.7 Å². The maximum atomic E-state index is 4.37. The van der Waals surface area contributed by atoms with Crippen molar-refractivity contribution in [1.29, 1.82) is 0 Å². The maximum absolute atomic E-state index is 4.37. The highest BCUT2D eigenvalue weighted by molar-refractivity contribution is 5.57. The van der Waals surface area contributed by atoms with Gasteiger partial charge >= 0.3 is 0 Å². The Kier molecular flexibility index (Phi) is 2.85. The zero-order valence-electron chi connectivity index (χ0n) is 9.17. The van der Waals surface area contributed by atoms with E-state index < -0.39 is 0 Å². The molecule has 2 aromatic heterocycles. The van der Waals surface area contributed by atoms with Gasteiger partial charge in [0.05, 0.1) is 11.8 Å². The van der Waals surface area contributed by atoms with Gasteiger partial charge in [0.1, 0.15) is 5.82 Å². The average Bonchev–Trinajstić information content (AvgIpc) is 2.84. The van der Waals surface area contributed by atoms with Crippen molar-refractivity contribution in [2.24, 2.45) is 0 Å². The molecule has 4 heteroatoms. The van der Waals surface area contributed by atoms with E-state index in [2.05, 4.69) is 34.0 Å². The topological polar surface area (TPSA) is 57.4 Å². The molecule has 2 heterocycles. The third kappa shape index (κ3) is 1.93. The average molecular weight is 204 g/mol. The summed E-state index contributed by atoms with van der Waals surface area (Å²) in [4.78, 5) is 7.69. The molecule has 0 aromatic carbocycles. The van der Waals surface area contributed by atoms with Gasteiger partial charge < -0.3 is 4.98 Å². The number of hydrogen-bond donors (Lipinski definition) is 2. The second-order valence-electron chi connectivity index (χ2n) is 3.62. The molecule has 2 rings (SSSR count). The maximum Gasteiger partial charge on any atom is 0.140 e. The van der Waals surface area contributed by atoms with Crippen molar-refractivity contribution in [3.05, 3.63) is 23.8 Å². The van der Waals surface area contributed by atoms with Crippen LogP contribution in [0.4, 0.5) is 0 Å². The van der Waals surface area contributed by atoms with Crippen molar-refractivity contribution < 1.29 is 0 Å².